The van der Waals surface area contributed by atoms with Crippen LogP contribution in [0.25, 0.3) is 0 Å². The first-order chi connectivity index (χ1) is 9.77. The normalized spacial score (nSPS) is 14.9. The third-order valence-corrected chi connectivity index (χ3v) is 5.01. The lowest BCUT2D eigenvalue weighted by Gasteiger charge is -2.19. The quantitative estimate of drug-likeness (QED) is 0.884. The van der Waals surface area contributed by atoms with Gasteiger partial charge < -0.3 is 5.32 Å². The smallest absolute Gasteiger partial charge is 0.238 e. The fourth-order valence-corrected chi connectivity index (χ4v) is 3.30. The van der Waals surface area contributed by atoms with Crippen LogP contribution in [-0.4, -0.2) is 13.4 Å². The number of nitrogens with zero attached hydrogens (tertiary/aromatic N) is 1. The highest BCUT2D eigenvalue weighted by atomic mass is 32.2. The Bertz CT molecular complexity index is 708. The summed E-state index contributed by atoms with van der Waals surface area (Å²) in [5.41, 5.74) is 2.02. The van der Waals surface area contributed by atoms with Crippen LogP contribution in [0.15, 0.2) is 34.5 Å². The number of sulfonamides is 1. The molecule has 0 bridgehead atoms. The Morgan fingerprint density at radius 2 is 1.81 bits per heavy atom. The van der Waals surface area contributed by atoms with Crippen LogP contribution in [0.1, 0.15) is 42.2 Å². The van der Waals surface area contributed by atoms with Crippen molar-refractivity contribution in [2.45, 2.75) is 37.8 Å². The minimum atomic E-state index is -3.64. The minimum absolute atomic E-state index is 0.0801. The molecule has 0 saturated carbocycles. The molecule has 0 aliphatic carbocycles. The molecule has 0 amide bonds. The first-order valence-corrected chi connectivity index (χ1v) is 9.01. The molecular formula is C14H19N3O2S2. The number of primary sulfonamides is 1. The fraction of sp³-hybridized carbons (Fsp3) is 0.357. The lowest BCUT2D eigenvalue weighted by atomic mass is 10.1. The Labute approximate surface area is 129 Å². The van der Waals surface area contributed by atoms with Gasteiger partial charge in [-0.2, -0.15) is 0 Å². The van der Waals surface area contributed by atoms with E-state index in [1.807, 2.05) is 19.2 Å². The Kier molecular flexibility index (Phi) is 4.77. The van der Waals surface area contributed by atoms with Crippen molar-refractivity contribution in [3.05, 3.63) is 45.9 Å². The summed E-state index contributed by atoms with van der Waals surface area (Å²) in [6.45, 7) is 6.07. The molecule has 1 aromatic heterocycles. The lowest BCUT2D eigenvalue weighted by Crippen LogP contribution is -2.23. The predicted octanol–water partition coefficient (Wildman–Crippen LogP) is 2.51. The van der Waals surface area contributed by atoms with E-state index >= 15 is 0 Å². The molecule has 0 aliphatic rings. The van der Waals surface area contributed by atoms with Gasteiger partial charge in [-0.25, -0.2) is 18.5 Å². The number of rotatable bonds is 5. The van der Waals surface area contributed by atoms with E-state index in [1.54, 1.807) is 23.5 Å². The van der Waals surface area contributed by atoms with Crippen LogP contribution in [0.3, 0.4) is 0 Å². The van der Waals surface area contributed by atoms with Gasteiger partial charge in [0.15, 0.2) is 0 Å². The van der Waals surface area contributed by atoms with Crippen LogP contribution in [0.5, 0.6) is 0 Å². The van der Waals surface area contributed by atoms with Crippen LogP contribution in [-0.2, 0) is 10.0 Å². The van der Waals surface area contributed by atoms with Crippen molar-refractivity contribution >= 4 is 21.4 Å². The van der Waals surface area contributed by atoms with Crippen molar-refractivity contribution in [2.24, 2.45) is 5.14 Å². The largest absolute Gasteiger partial charge is 0.302 e. The average Bonchev–Trinajstić information content (AvgIpc) is 2.84. The van der Waals surface area contributed by atoms with Crippen molar-refractivity contribution in [3.8, 4) is 0 Å². The first-order valence-electron chi connectivity index (χ1n) is 6.58. The number of nitrogens with one attached hydrogen (secondary N) is 1. The van der Waals surface area contributed by atoms with Crippen LogP contribution in [0.2, 0.25) is 0 Å². The monoisotopic (exact) mass is 325 g/mol. The molecule has 114 valence electrons. The molecule has 2 atom stereocenters. The molecule has 0 radical (unpaired) electrons. The zero-order chi connectivity index (χ0) is 15.6. The number of nitrogens with two attached hydrogens (primary N) is 1. The number of aromatic nitrogens is 1. The number of hydrogen-bond acceptors (Lipinski definition) is 5. The van der Waals surface area contributed by atoms with Gasteiger partial charge >= 0.3 is 0 Å². The van der Waals surface area contributed by atoms with E-state index in [2.05, 4.69) is 17.2 Å². The Morgan fingerprint density at radius 3 is 2.29 bits per heavy atom. The molecule has 0 spiro atoms. The van der Waals surface area contributed by atoms with Gasteiger partial charge in [0.2, 0.25) is 10.0 Å². The third kappa shape index (κ3) is 4.10. The van der Waals surface area contributed by atoms with Gasteiger partial charge in [-0.3, -0.25) is 0 Å². The standard InChI is InChI=1S/C14H19N3O2S2/c1-9(16-10(2)14-8-20-11(3)17-14)12-4-6-13(7-5-12)21(15,18)19/h4-10,16H,1-3H3,(H2,15,18,19). The second-order valence-corrected chi connectivity index (χ2v) is 7.64. The zero-order valence-electron chi connectivity index (χ0n) is 12.2. The molecule has 7 heteroatoms. The fourth-order valence-electron chi connectivity index (χ4n) is 2.08. The zero-order valence-corrected chi connectivity index (χ0v) is 13.8. The maximum Gasteiger partial charge on any atom is 0.238 e. The van der Waals surface area contributed by atoms with Crippen molar-refractivity contribution in [3.63, 3.8) is 0 Å². The molecule has 0 fully saturated rings. The van der Waals surface area contributed by atoms with E-state index in [0.717, 1.165) is 16.3 Å². The van der Waals surface area contributed by atoms with Crippen LogP contribution >= 0.6 is 11.3 Å². The topological polar surface area (TPSA) is 85.1 Å². The molecule has 1 aromatic carbocycles. The number of thiazole rings is 1. The van der Waals surface area contributed by atoms with E-state index in [9.17, 15) is 8.42 Å². The SMILES string of the molecule is Cc1nc(C(C)NC(C)c2ccc(S(N)(=O)=O)cc2)cs1. The molecule has 2 unspecified atom stereocenters. The van der Waals surface area contributed by atoms with Crippen LogP contribution < -0.4 is 10.5 Å². The summed E-state index contributed by atoms with van der Waals surface area (Å²) in [6, 6.07) is 6.81. The molecule has 3 N–H and O–H groups in total. The lowest BCUT2D eigenvalue weighted by molar-refractivity contribution is 0.487. The summed E-state index contributed by atoms with van der Waals surface area (Å²) in [5, 5.41) is 11.6. The molecule has 5 nitrogen and oxygen atoms in total. The second kappa shape index (κ2) is 6.23. The average molecular weight is 325 g/mol. The summed E-state index contributed by atoms with van der Waals surface area (Å²) < 4.78 is 22.5. The van der Waals surface area contributed by atoms with Gasteiger partial charge in [0.25, 0.3) is 0 Å². The number of hydrogen-bond donors (Lipinski definition) is 2. The second-order valence-electron chi connectivity index (χ2n) is 5.02. The summed E-state index contributed by atoms with van der Waals surface area (Å²) in [6.07, 6.45) is 0. The van der Waals surface area contributed by atoms with Crippen molar-refractivity contribution in [1.29, 1.82) is 0 Å². The Morgan fingerprint density at radius 1 is 1.19 bits per heavy atom. The van der Waals surface area contributed by atoms with Crippen LogP contribution in [0.4, 0.5) is 0 Å². The third-order valence-electron chi connectivity index (χ3n) is 3.29. The van der Waals surface area contributed by atoms with E-state index in [4.69, 9.17) is 5.14 Å². The highest BCUT2D eigenvalue weighted by Gasteiger charge is 2.14. The van der Waals surface area contributed by atoms with Gasteiger partial charge in [-0.05, 0) is 38.5 Å². The molecule has 2 rings (SSSR count). The molecule has 0 aliphatic heterocycles. The van der Waals surface area contributed by atoms with E-state index in [1.165, 1.54) is 12.1 Å². The number of aryl methyl sites for hydroxylation is 1. The maximum absolute atomic E-state index is 11.2. The summed E-state index contributed by atoms with van der Waals surface area (Å²) in [5.74, 6) is 0. The minimum Gasteiger partial charge on any atom is -0.302 e. The number of benzene rings is 1. The molecule has 21 heavy (non-hydrogen) atoms. The van der Waals surface area contributed by atoms with Crippen molar-refractivity contribution < 1.29 is 8.42 Å². The Hall–Kier alpha value is -1.28. The summed E-state index contributed by atoms with van der Waals surface area (Å²) in [4.78, 5) is 4.59. The summed E-state index contributed by atoms with van der Waals surface area (Å²) >= 11 is 1.63. The van der Waals surface area contributed by atoms with Crippen molar-refractivity contribution in [1.82, 2.24) is 10.3 Å². The predicted molar refractivity (Wildman–Crippen MR) is 84.6 cm³/mol. The van der Waals surface area contributed by atoms with Gasteiger partial charge in [-0.1, -0.05) is 12.1 Å². The highest BCUT2D eigenvalue weighted by molar-refractivity contribution is 7.89. The van der Waals surface area contributed by atoms with Gasteiger partial charge in [0.05, 0.1) is 15.6 Å². The van der Waals surface area contributed by atoms with Gasteiger partial charge in [-0.15, -0.1) is 11.3 Å². The van der Waals surface area contributed by atoms with Crippen molar-refractivity contribution in [2.75, 3.05) is 0 Å². The molecule has 0 saturated heterocycles. The van der Waals surface area contributed by atoms with Gasteiger partial charge in [0, 0.05) is 17.5 Å². The highest BCUT2D eigenvalue weighted by Crippen LogP contribution is 2.21. The van der Waals surface area contributed by atoms with E-state index < -0.39 is 10.0 Å². The van der Waals surface area contributed by atoms with Gasteiger partial charge in [0.1, 0.15) is 0 Å². The first kappa shape index (κ1) is 16.1. The maximum atomic E-state index is 11.2. The van der Waals surface area contributed by atoms with E-state index in [0.29, 0.717) is 0 Å². The molecule has 1 heterocycles. The van der Waals surface area contributed by atoms with E-state index in [-0.39, 0.29) is 17.0 Å². The molecule has 2 aromatic rings. The van der Waals surface area contributed by atoms with Crippen LogP contribution in [0, 0.1) is 6.92 Å². The molecular weight excluding hydrogens is 306 g/mol. The summed E-state index contributed by atoms with van der Waals surface area (Å²) in [7, 11) is -3.64. The Balaban J connectivity index is 2.08.